The number of carbonyl (C=O) groups excluding carboxylic acids is 1. The van der Waals surface area contributed by atoms with Crippen LogP contribution in [0.3, 0.4) is 0 Å². The monoisotopic (exact) mass is 429 g/mol. The molecule has 1 saturated heterocycles. The van der Waals surface area contributed by atoms with Crippen LogP contribution >= 0.6 is 12.3 Å². The summed E-state index contributed by atoms with van der Waals surface area (Å²) in [6, 6.07) is 3.94. The molecule has 3 aromatic heterocycles. The Labute approximate surface area is 176 Å². The number of hydrogen-bond acceptors (Lipinski definition) is 7. The maximum atomic E-state index is 13.1. The Morgan fingerprint density at radius 2 is 2.17 bits per heavy atom. The second-order valence-corrected chi connectivity index (χ2v) is 8.77. The quantitative estimate of drug-likeness (QED) is 0.625. The minimum atomic E-state index is -0.628. The van der Waals surface area contributed by atoms with Crippen molar-refractivity contribution in [2.24, 2.45) is 0 Å². The van der Waals surface area contributed by atoms with Gasteiger partial charge < -0.3 is 9.64 Å². The van der Waals surface area contributed by atoms with Gasteiger partial charge in [0, 0.05) is 23.3 Å². The van der Waals surface area contributed by atoms with Crippen molar-refractivity contribution in [2.45, 2.75) is 38.3 Å². The molecule has 1 fully saturated rings. The zero-order valence-electron chi connectivity index (χ0n) is 16.7. The Bertz CT molecular complexity index is 1140. The predicted octanol–water partition coefficient (Wildman–Crippen LogP) is 3.54. The molecule has 9 nitrogen and oxygen atoms in total. The Kier molecular flexibility index (Phi) is 4.89. The molecule has 0 aliphatic carbocycles. The van der Waals surface area contributed by atoms with Gasteiger partial charge >= 0.3 is 6.09 Å². The van der Waals surface area contributed by atoms with E-state index >= 15 is 0 Å². The van der Waals surface area contributed by atoms with Crippen LogP contribution in [-0.4, -0.2) is 53.4 Å². The lowest BCUT2D eigenvalue weighted by molar-refractivity contribution is -0.0314. The van der Waals surface area contributed by atoms with Crippen molar-refractivity contribution in [3.8, 4) is 17.3 Å². The number of nitrogens with zero attached hydrogens (tertiary/aromatic N) is 7. The number of likely N-dealkylation sites (tertiary alicyclic amines) is 1. The van der Waals surface area contributed by atoms with E-state index in [0.29, 0.717) is 29.8 Å². The van der Waals surface area contributed by atoms with E-state index in [1.165, 1.54) is 10.3 Å². The van der Waals surface area contributed by atoms with Gasteiger partial charge in [-0.1, -0.05) is 0 Å². The third-order valence-corrected chi connectivity index (χ3v) is 5.34. The SMILES string of the molecule is CC(C)(C)OC(=O)N1CC(CC#N)(n2cc(-c3ncnc4c3ccn4SF)cn2)C1. The number of aromatic nitrogens is 5. The molecular weight excluding hydrogens is 409 g/mol. The predicted molar refractivity (Wildman–Crippen MR) is 109 cm³/mol. The van der Waals surface area contributed by atoms with Crippen LogP contribution in [0.15, 0.2) is 31.0 Å². The number of halogens is 1. The van der Waals surface area contributed by atoms with Gasteiger partial charge in [-0.25, -0.2) is 18.7 Å². The Morgan fingerprint density at radius 3 is 2.83 bits per heavy atom. The first-order valence-electron chi connectivity index (χ1n) is 9.28. The maximum Gasteiger partial charge on any atom is 0.410 e. The minimum Gasteiger partial charge on any atom is -0.444 e. The molecule has 0 spiro atoms. The first-order valence-corrected chi connectivity index (χ1v) is 9.95. The zero-order valence-corrected chi connectivity index (χ0v) is 17.6. The van der Waals surface area contributed by atoms with Crippen LogP contribution in [0.4, 0.5) is 8.68 Å². The van der Waals surface area contributed by atoms with Gasteiger partial charge in [0.2, 0.25) is 0 Å². The summed E-state index contributed by atoms with van der Waals surface area (Å²) in [6.45, 7) is 6.08. The van der Waals surface area contributed by atoms with Crippen molar-refractivity contribution in [1.82, 2.24) is 28.6 Å². The summed E-state index contributed by atoms with van der Waals surface area (Å²) in [7, 11) is 0. The van der Waals surface area contributed by atoms with E-state index in [-0.39, 0.29) is 18.8 Å². The highest BCUT2D eigenvalue weighted by molar-refractivity contribution is 7.92. The number of rotatable bonds is 4. The van der Waals surface area contributed by atoms with Crippen LogP contribution in [0, 0.1) is 11.3 Å². The Morgan fingerprint density at radius 1 is 1.40 bits per heavy atom. The number of amides is 1. The normalized spacial score (nSPS) is 15.6. The summed E-state index contributed by atoms with van der Waals surface area (Å²) >= 11 is 0.0645. The maximum absolute atomic E-state index is 13.1. The number of carbonyl (C=O) groups is 1. The van der Waals surface area contributed by atoms with Crippen molar-refractivity contribution in [3.05, 3.63) is 31.0 Å². The van der Waals surface area contributed by atoms with Crippen molar-refractivity contribution in [2.75, 3.05) is 13.1 Å². The van der Waals surface area contributed by atoms with E-state index in [4.69, 9.17) is 4.74 Å². The van der Waals surface area contributed by atoms with Crippen LogP contribution in [0.1, 0.15) is 27.2 Å². The van der Waals surface area contributed by atoms with E-state index in [0.717, 1.165) is 5.56 Å². The van der Waals surface area contributed by atoms with E-state index in [2.05, 4.69) is 21.1 Å². The lowest BCUT2D eigenvalue weighted by Crippen LogP contribution is -2.64. The molecule has 4 heterocycles. The molecule has 0 N–H and O–H groups in total. The van der Waals surface area contributed by atoms with Gasteiger partial charge in [0.05, 0.1) is 37.5 Å². The molecule has 0 radical (unpaired) electrons. The summed E-state index contributed by atoms with van der Waals surface area (Å²) in [5.41, 5.74) is 0.589. The first kappa shape index (κ1) is 20.2. The molecule has 0 saturated carbocycles. The molecule has 4 rings (SSSR count). The van der Waals surface area contributed by atoms with Crippen LogP contribution in [0.25, 0.3) is 22.3 Å². The van der Waals surface area contributed by atoms with Crippen LogP contribution < -0.4 is 0 Å². The molecule has 3 aromatic rings. The summed E-state index contributed by atoms with van der Waals surface area (Å²) in [4.78, 5) is 22.3. The van der Waals surface area contributed by atoms with Crippen molar-refractivity contribution >= 4 is 29.5 Å². The number of hydrogen-bond donors (Lipinski definition) is 0. The number of fused-ring (bicyclic) bond motifs is 1. The molecule has 1 amide bonds. The van der Waals surface area contributed by atoms with E-state index in [1.54, 1.807) is 34.2 Å². The standard InChI is InChI=1S/C19H20FN7O2S/c1-18(2,3)29-17(28)25-10-19(11-25,5-6-21)27-9-13(8-24-27)15-14-4-7-26(30-20)16(14)23-12-22-15/h4,7-9,12H,5,10-11H2,1-3H3. The molecule has 0 bridgehead atoms. The molecular formula is C19H20FN7O2S. The van der Waals surface area contributed by atoms with Crippen LogP contribution in [0.5, 0.6) is 0 Å². The first-order chi connectivity index (χ1) is 14.3. The highest BCUT2D eigenvalue weighted by Gasteiger charge is 2.48. The smallest absolute Gasteiger partial charge is 0.410 e. The number of nitriles is 1. The lowest BCUT2D eigenvalue weighted by atomic mass is 9.87. The average molecular weight is 429 g/mol. The van der Waals surface area contributed by atoms with E-state index in [1.807, 2.05) is 20.8 Å². The van der Waals surface area contributed by atoms with Crippen LogP contribution in [0.2, 0.25) is 0 Å². The fourth-order valence-corrected chi connectivity index (χ4v) is 3.84. The Balaban J connectivity index is 1.61. The molecule has 0 atom stereocenters. The number of ether oxygens (including phenoxy) is 1. The van der Waals surface area contributed by atoms with E-state index in [9.17, 15) is 13.9 Å². The fourth-order valence-electron chi connectivity index (χ4n) is 3.52. The topological polar surface area (TPSA) is 102 Å². The highest BCUT2D eigenvalue weighted by Crippen LogP contribution is 2.35. The summed E-state index contributed by atoms with van der Waals surface area (Å²) in [5, 5.41) is 14.5. The van der Waals surface area contributed by atoms with Gasteiger partial charge in [0.25, 0.3) is 0 Å². The molecule has 1 aliphatic rings. The van der Waals surface area contributed by atoms with Gasteiger partial charge in [-0.15, -0.1) is 3.89 Å². The van der Waals surface area contributed by atoms with Crippen molar-refractivity contribution < 1.29 is 13.4 Å². The van der Waals surface area contributed by atoms with E-state index < -0.39 is 17.2 Å². The summed E-state index contributed by atoms with van der Waals surface area (Å²) < 4.78 is 21.5. The largest absolute Gasteiger partial charge is 0.444 e. The third-order valence-electron chi connectivity index (χ3n) is 4.89. The molecule has 156 valence electrons. The van der Waals surface area contributed by atoms with Crippen LogP contribution in [-0.2, 0) is 10.3 Å². The zero-order chi connectivity index (χ0) is 21.5. The fraction of sp³-hybridized carbons (Fsp3) is 0.421. The van der Waals surface area contributed by atoms with Gasteiger partial charge in [0.1, 0.15) is 17.5 Å². The second kappa shape index (κ2) is 7.28. The average Bonchev–Trinajstić information content (AvgIpc) is 3.29. The molecule has 30 heavy (non-hydrogen) atoms. The second-order valence-electron chi connectivity index (χ2n) is 8.24. The molecule has 0 aromatic carbocycles. The third kappa shape index (κ3) is 3.47. The molecule has 0 unspecified atom stereocenters. The van der Waals surface area contributed by atoms with Gasteiger partial charge in [-0.05, 0) is 26.8 Å². The minimum absolute atomic E-state index is 0.0645. The van der Waals surface area contributed by atoms with Gasteiger partial charge in [0.15, 0.2) is 18.0 Å². The van der Waals surface area contributed by atoms with Gasteiger partial charge in [-0.2, -0.15) is 10.4 Å². The van der Waals surface area contributed by atoms with Crippen molar-refractivity contribution in [1.29, 1.82) is 5.26 Å². The van der Waals surface area contributed by atoms with Gasteiger partial charge in [-0.3, -0.25) is 4.68 Å². The summed E-state index contributed by atoms with van der Waals surface area (Å²) in [6.07, 6.45) is 6.19. The molecule has 11 heteroatoms. The molecule has 1 aliphatic heterocycles. The lowest BCUT2D eigenvalue weighted by Gasteiger charge is -2.48. The highest BCUT2D eigenvalue weighted by atomic mass is 32.2. The van der Waals surface area contributed by atoms with Crippen molar-refractivity contribution in [3.63, 3.8) is 0 Å². The Hall–Kier alpha value is -3.13. The summed E-state index contributed by atoms with van der Waals surface area (Å²) in [5.74, 6) is 0.